The number of nitrogens with zero attached hydrogens (tertiary/aromatic N) is 1. The van der Waals surface area contributed by atoms with Crippen LogP contribution in [0.2, 0.25) is 0 Å². The molecule has 0 radical (unpaired) electrons. The SMILES string of the molecule is CC1=NC(N)=CC=CC1. The Morgan fingerprint density at radius 1 is 1.67 bits per heavy atom. The Kier molecular flexibility index (Phi) is 1.68. The molecule has 2 heteroatoms. The summed E-state index contributed by atoms with van der Waals surface area (Å²) in [6, 6.07) is 0. The second-order valence-electron chi connectivity index (χ2n) is 2.07. The predicted octanol–water partition coefficient (Wildman–Crippen LogP) is 1.21. The lowest BCUT2D eigenvalue weighted by Gasteiger charge is -1.90. The van der Waals surface area contributed by atoms with Crippen LogP contribution in [0.25, 0.3) is 0 Å². The Labute approximate surface area is 54.8 Å². The second kappa shape index (κ2) is 2.49. The highest BCUT2D eigenvalue weighted by Gasteiger charge is 1.91. The van der Waals surface area contributed by atoms with Gasteiger partial charge in [0.15, 0.2) is 0 Å². The molecule has 0 saturated carbocycles. The van der Waals surface area contributed by atoms with E-state index in [1.807, 2.05) is 19.1 Å². The monoisotopic (exact) mass is 122 g/mol. The Morgan fingerprint density at radius 2 is 2.44 bits per heavy atom. The van der Waals surface area contributed by atoms with Gasteiger partial charge < -0.3 is 5.73 Å². The van der Waals surface area contributed by atoms with Crippen molar-refractivity contribution in [2.45, 2.75) is 13.3 Å². The normalized spacial score (nSPS) is 18.3. The summed E-state index contributed by atoms with van der Waals surface area (Å²) in [6.07, 6.45) is 6.68. The first-order valence-electron chi connectivity index (χ1n) is 2.95. The van der Waals surface area contributed by atoms with Gasteiger partial charge in [0.25, 0.3) is 0 Å². The molecule has 0 bridgehead atoms. The highest BCUT2D eigenvalue weighted by molar-refractivity contribution is 5.84. The van der Waals surface area contributed by atoms with Gasteiger partial charge in [-0.2, -0.15) is 0 Å². The summed E-state index contributed by atoms with van der Waals surface area (Å²) in [4.78, 5) is 4.07. The topological polar surface area (TPSA) is 38.4 Å². The van der Waals surface area contributed by atoms with E-state index in [4.69, 9.17) is 5.73 Å². The summed E-state index contributed by atoms with van der Waals surface area (Å²) in [5.41, 5.74) is 6.51. The van der Waals surface area contributed by atoms with Crippen molar-refractivity contribution < 1.29 is 0 Å². The molecule has 1 aliphatic rings. The molecule has 1 heterocycles. The van der Waals surface area contributed by atoms with Crippen LogP contribution in [-0.4, -0.2) is 5.71 Å². The van der Waals surface area contributed by atoms with Crippen molar-refractivity contribution in [1.82, 2.24) is 0 Å². The molecule has 48 valence electrons. The Hall–Kier alpha value is -1.05. The fourth-order valence-electron chi connectivity index (χ4n) is 0.709. The third-order valence-corrected chi connectivity index (χ3v) is 1.14. The fourth-order valence-corrected chi connectivity index (χ4v) is 0.709. The second-order valence-corrected chi connectivity index (χ2v) is 2.07. The van der Waals surface area contributed by atoms with Crippen molar-refractivity contribution in [2.75, 3.05) is 0 Å². The largest absolute Gasteiger partial charge is 0.384 e. The number of aliphatic imine (C=N–C) groups is 1. The molecule has 0 fully saturated rings. The maximum Gasteiger partial charge on any atom is 0.123 e. The first-order valence-corrected chi connectivity index (χ1v) is 2.95. The van der Waals surface area contributed by atoms with E-state index in [1.165, 1.54) is 0 Å². The summed E-state index contributed by atoms with van der Waals surface area (Å²) >= 11 is 0. The van der Waals surface area contributed by atoms with E-state index in [0.717, 1.165) is 12.1 Å². The van der Waals surface area contributed by atoms with Gasteiger partial charge in [-0.15, -0.1) is 0 Å². The third-order valence-electron chi connectivity index (χ3n) is 1.14. The Bertz CT molecular complexity index is 187. The van der Waals surface area contributed by atoms with Crippen LogP contribution in [0.5, 0.6) is 0 Å². The van der Waals surface area contributed by atoms with Crippen LogP contribution in [0.1, 0.15) is 13.3 Å². The van der Waals surface area contributed by atoms with Gasteiger partial charge in [-0.25, -0.2) is 4.99 Å². The van der Waals surface area contributed by atoms with E-state index in [9.17, 15) is 0 Å². The van der Waals surface area contributed by atoms with Crippen LogP contribution >= 0.6 is 0 Å². The van der Waals surface area contributed by atoms with Gasteiger partial charge in [0.05, 0.1) is 0 Å². The van der Waals surface area contributed by atoms with Gasteiger partial charge in [0.1, 0.15) is 5.82 Å². The van der Waals surface area contributed by atoms with Crippen LogP contribution in [0.4, 0.5) is 0 Å². The first-order chi connectivity index (χ1) is 4.29. The lowest BCUT2D eigenvalue weighted by molar-refractivity contribution is 1.23. The zero-order chi connectivity index (χ0) is 6.69. The molecule has 1 rings (SSSR count). The van der Waals surface area contributed by atoms with Gasteiger partial charge in [0.2, 0.25) is 0 Å². The molecule has 2 nitrogen and oxygen atoms in total. The number of rotatable bonds is 0. The Balaban J connectivity index is 2.82. The quantitative estimate of drug-likeness (QED) is 0.515. The molecule has 0 aromatic rings. The van der Waals surface area contributed by atoms with E-state index in [-0.39, 0.29) is 0 Å². The molecule has 0 saturated heterocycles. The maximum absolute atomic E-state index is 5.45. The molecule has 0 aromatic carbocycles. The van der Waals surface area contributed by atoms with Gasteiger partial charge >= 0.3 is 0 Å². The van der Waals surface area contributed by atoms with E-state index in [1.54, 1.807) is 6.08 Å². The predicted molar refractivity (Wildman–Crippen MR) is 39.1 cm³/mol. The highest BCUT2D eigenvalue weighted by atomic mass is 14.9. The molecule has 1 aliphatic heterocycles. The van der Waals surface area contributed by atoms with Crippen molar-refractivity contribution in [3.05, 3.63) is 24.0 Å². The number of hydrogen-bond donors (Lipinski definition) is 1. The average molecular weight is 122 g/mol. The highest BCUT2D eigenvalue weighted by Crippen LogP contribution is 1.99. The molecule has 0 aromatic heterocycles. The minimum Gasteiger partial charge on any atom is -0.384 e. The zero-order valence-corrected chi connectivity index (χ0v) is 5.46. The van der Waals surface area contributed by atoms with Crippen LogP contribution in [0.15, 0.2) is 29.0 Å². The minimum atomic E-state index is 0.598. The fraction of sp³-hybridized carbons (Fsp3) is 0.286. The number of allylic oxidation sites excluding steroid dienone is 3. The molecule has 0 aliphatic carbocycles. The zero-order valence-electron chi connectivity index (χ0n) is 5.46. The van der Waals surface area contributed by atoms with E-state index >= 15 is 0 Å². The van der Waals surface area contributed by atoms with Crippen molar-refractivity contribution >= 4 is 5.71 Å². The molecular formula is C7H10N2. The molecule has 0 atom stereocenters. The average Bonchev–Trinajstić information content (AvgIpc) is 1.93. The van der Waals surface area contributed by atoms with Crippen LogP contribution in [0, 0.1) is 0 Å². The molecule has 0 spiro atoms. The van der Waals surface area contributed by atoms with Gasteiger partial charge in [-0.1, -0.05) is 12.2 Å². The maximum atomic E-state index is 5.45. The summed E-state index contributed by atoms with van der Waals surface area (Å²) in [7, 11) is 0. The molecule has 9 heavy (non-hydrogen) atoms. The summed E-state index contributed by atoms with van der Waals surface area (Å²) in [6.45, 7) is 1.97. The van der Waals surface area contributed by atoms with Crippen LogP contribution in [-0.2, 0) is 0 Å². The standard InChI is InChI=1S/C7H10N2/c1-6-4-2-3-5-7(8)9-6/h2-3,5H,4,8H2,1H3. The lowest BCUT2D eigenvalue weighted by Crippen LogP contribution is -1.95. The van der Waals surface area contributed by atoms with Gasteiger partial charge in [-0.05, 0) is 13.0 Å². The summed E-state index contributed by atoms with van der Waals surface area (Å²) in [5, 5.41) is 0. The number of hydrogen-bond acceptors (Lipinski definition) is 2. The van der Waals surface area contributed by atoms with Crippen LogP contribution in [0.3, 0.4) is 0 Å². The van der Waals surface area contributed by atoms with Gasteiger partial charge in [0, 0.05) is 12.1 Å². The number of nitrogens with two attached hydrogens (primary N) is 1. The summed E-state index contributed by atoms with van der Waals surface area (Å²) < 4.78 is 0. The van der Waals surface area contributed by atoms with Crippen molar-refractivity contribution in [2.24, 2.45) is 10.7 Å². The first kappa shape index (κ1) is 6.08. The van der Waals surface area contributed by atoms with Crippen LogP contribution < -0.4 is 5.73 Å². The smallest absolute Gasteiger partial charge is 0.123 e. The minimum absolute atomic E-state index is 0.598. The third kappa shape index (κ3) is 1.72. The van der Waals surface area contributed by atoms with Crippen molar-refractivity contribution in [1.29, 1.82) is 0 Å². The molecule has 0 unspecified atom stereocenters. The van der Waals surface area contributed by atoms with E-state index < -0.39 is 0 Å². The van der Waals surface area contributed by atoms with E-state index in [0.29, 0.717) is 5.82 Å². The van der Waals surface area contributed by atoms with Crippen molar-refractivity contribution in [3.8, 4) is 0 Å². The molecule has 0 amide bonds. The van der Waals surface area contributed by atoms with E-state index in [2.05, 4.69) is 4.99 Å². The summed E-state index contributed by atoms with van der Waals surface area (Å²) in [5.74, 6) is 0.598. The molecular weight excluding hydrogens is 112 g/mol. The molecule has 2 N–H and O–H groups in total. The Morgan fingerprint density at radius 3 is 3.22 bits per heavy atom. The van der Waals surface area contributed by atoms with Gasteiger partial charge in [-0.3, -0.25) is 0 Å². The van der Waals surface area contributed by atoms with Crippen molar-refractivity contribution in [3.63, 3.8) is 0 Å². The lowest BCUT2D eigenvalue weighted by atomic mass is 10.3.